The molecule has 5 heteroatoms. The fraction of sp³-hybridized carbons (Fsp3) is 0.360. The van der Waals surface area contributed by atoms with E-state index >= 15 is 0 Å². The second-order valence-corrected chi connectivity index (χ2v) is 8.07. The minimum atomic E-state index is -0.271. The molecule has 2 aliphatic heterocycles. The zero-order valence-electron chi connectivity index (χ0n) is 17.6. The summed E-state index contributed by atoms with van der Waals surface area (Å²) in [6.07, 6.45) is 3.06. The molecule has 0 N–H and O–H groups in total. The van der Waals surface area contributed by atoms with Crippen LogP contribution >= 0.6 is 0 Å². The molecule has 2 aliphatic rings. The first kappa shape index (κ1) is 20.2. The number of nitrogens with zero attached hydrogens (tertiary/aromatic N) is 2. The molecule has 2 aromatic rings. The number of carbonyl (C=O) groups is 2. The first-order valence-electron chi connectivity index (χ1n) is 10.8. The van der Waals surface area contributed by atoms with Crippen molar-refractivity contribution in [3.05, 3.63) is 65.9 Å². The van der Waals surface area contributed by atoms with Crippen LogP contribution in [-0.4, -0.2) is 36.4 Å². The standard InChI is InChI=1S/C25H28N2O3/c1-3-15-30-21-13-7-12-20(16-21)27-24(28)22(19-10-5-4-6-11-19)23(25(27)29)26-14-8-9-18(2)17-26/h4-7,10-13,16,18H,3,8-9,14-15,17H2,1-2H3. The molecule has 1 fully saturated rings. The Kier molecular flexibility index (Phi) is 5.88. The highest BCUT2D eigenvalue weighted by Crippen LogP contribution is 2.37. The van der Waals surface area contributed by atoms with Gasteiger partial charge >= 0.3 is 0 Å². The Morgan fingerprint density at radius 1 is 1.03 bits per heavy atom. The molecular weight excluding hydrogens is 376 g/mol. The van der Waals surface area contributed by atoms with Crippen molar-refractivity contribution in [2.75, 3.05) is 24.6 Å². The van der Waals surface area contributed by atoms with Gasteiger partial charge in [0.05, 0.1) is 17.9 Å². The fourth-order valence-corrected chi connectivity index (χ4v) is 4.24. The van der Waals surface area contributed by atoms with Crippen LogP contribution in [0.25, 0.3) is 5.57 Å². The molecule has 2 aromatic carbocycles. The second kappa shape index (κ2) is 8.74. The Labute approximate surface area is 177 Å². The fourth-order valence-electron chi connectivity index (χ4n) is 4.24. The predicted molar refractivity (Wildman–Crippen MR) is 118 cm³/mol. The number of ether oxygens (including phenoxy) is 1. The van der Waals surface area contributed by atoms with E-state index in [1.54, 1.807) is 12.1 Å². The summed E-state index contributed by atoms with van der Waals surface area (Å²) in [6, 6.07) is 16.8. The first-order chi connectivity index (χ1) is 14.6. The summed E-state index contributed by atoms with van der Waals surface area (Å²) in [6.45, 7) is 6.41. The van der Waals surface area contributed by atoms with Crippen molar-refractivity contribution in [1.29, 1.82) is 0 Å². The number of hydrogen-bond donors (Lipinski definition) is 0. The monoisotopic (exact) mass is 404 g/mol. The zero-order valence-corrected chi connectivity index (χ0v) is 17.6. The average molecular weight is 405 g/mol. The number of likely N-dealkylation sites (tertiary alicyclic amines) is 1. The number of piperidine rings is 1. The Morgan fingerprint density at radius 2 is 1.83 bits per heavy atom. The number of amides is 2. The van der Waals surface area contributed by atoms with E-state index in [0.717, 1.165) is 37.9 Å². The third-order valence-electron chi connectivity index (χ3n) is 5.64. The van der Waals surface area contributed by atoms with Crippen LogP contribution in [0.5, 0.6) is 5.75 Å². The predicted octanol–water partition coefficient (Wildman–Crippen LogP) is 4.49. The molecule has 1 saturated heterocycles. The summed E-state index contributed by atoms with van der Waals surface area (Å²) >= 11 is 0. The number of imide groups is 1. The number of hydrogen-bond acceptors (Lipinski definition) is 4. The van der Waals surface area contributed by atoms with Gasteiger partial charge in [0.25, 0.3) is 11.8 Å². The highest BCUT2D eigenvalue weighted by molar-refractivity contribution is 6.45. The lowest BCUT2D eigenvalue weighted by atomic mass is 9.98. The molecule has 5 nitrogen and oxygen atoms in total. The Hall–Kier alpha value is -3.08. The van der Waals surface area contributed by atoms with Crippen LogP contribution < -0.4 is 9.64 Å². The quantitative estimate of drug-likeness (QED) is 0.666. The molecule has 4 rings (SSSR count). The molecule has 0 saturated carbocycles. The summed E-state index contributed by atoms with van der Waals surface area (Å²) < 4.78 is 5.72. The summed E-state index contributed by atoms with van der Waals surface area (Å²) in [5.41, 5.74) is 2.35. The molecule has 2 amide bonds. The SMILES string of the molecule is CCCOc1cccc(N2C(=O)C(c3ccccc3)=C(N3CCCC(C)C3)C2=O)c1. The van der Waals surface area contributed by atoms with Gasteiger partial charge in [-0.1, -0.05) is 50.2 Å². The molecule has 1 unspecified atom stereocenters. The van der Waals surface area contributed by atoms with Crippen molar-refractivity contribution in [3.8, 4) is 5.75 Å². The number of carbonyl (C=O) groups excluding carboxylic acids is 2. The molecule has 2 heterocycles. The summed E-state index contributed by atoms with van der Waals surface area (Å²) in [4.78, 5) is 30.6. The van der Waals surface area contributed by atoms with Crippen LogP contribution in [0, 0.1) is 5.92 Å². The summed E-state index contributed by atoms with van der Waals surface area (Å²) in [5, 5.41) is 0. The second-order valence-electron chi connectivity index (χ2n) is 8.07. The molecule has 0 radical (unpaired) electrons. The average Bonchev–Trinajstić information content (AvgIpc) is 3.03. The van der Waals surface area contributed by atoms with Gasteiger partial charge in [-0.2, -0.15) is 0 Å². The van der Waals surface area contributed by atoms with Crippen LogP contribution in [0.3, 0.4) is 0 Å². The first-order valence-corrected chi connectivity index (χ1v) is 10.8. The van der Waals surface area contributed by atoms with Crippen LogP contribution in [-0.2, 0) is 9.59 Å². The molecule has 30 heavy (non-hydrogen) atoms. The van der Waals surface area contributed by atoms with Crippen molar-refractivity contribution in [2.24, 2.45) is 5.92 Å². The molecular formula is C25H28N2O3. The molecule has 0 bridgehead atoms. The van der Waals surface area contributed by atoms with E-state index in [1.807, 2.05) is 49.4 Å². The van der Waals surface area contributed by atoms with E-state index in [0.29, 0.717) is 35.2 Å². The third-order valence-corrected chi connectivity index (χ3v) is 5.64. The lowest BCUT2D eigenvalue weighted by molar-refractivity contribution is -0.120. The number of anilines is 1. The van der Waals surface area contributed by atoms with Gasteiger partial charge in [-0.25, -0.2) is 4.90 Å². The molecule has 0 aromatic heterocycles. The van der Waals surface area contributed by atoms with Gasteiger partial charge in [-0.3, -0.25) is 9.59 Å². The lowest BCUT2D eigenvalue weighted by Gasteiger charge is -2.33. The van der Waals surface area contributed by atoms with Gasteiger partial charge in [0, 0.05) is 19.2 Å². The van der Waals surface area contributed by atoms with Crippen molar-refractivity contribution in [2.45, 2.75) is 33.1 Å². The molecule has 0 spiro atoms. The van der Waals surface area contributed by atoms with Crippen LogP contribution in [0.2, 0.25) is 0 Å². The van der Waals surface area contributed by atoms with E-state index in [2.05, 4.69) is 11.8 Å². The van der Waals surface area contributed by atoms with E-state index in [9.17, 15) is 9.59 Å². The minimum Gasteiger partial charge on any atom is -0.494 e. The minimum absolute atomic E-state index is 0.249. The Bertz CT molecular complexity index is 967. The summed E-state index contributed by atoms with van der Waals surface area (Å²) in [5.74, 6) is 0.634. The molecule has 156 valence electrons. The Morgan fingerprint density at radius 3 is 2.57 bits per heavy atom. The third kappa shape index (κ3) is 3.84. The lowest BCUT2D eigenvalue weighted by Crippen LogP contribution is -2.39. The van der Waals surface area contributed by atoms with Gasteiger partial charge in [0.2, 0.25) is 0 Å². The van der Waals surface area contributed by atoms with Crippen molar-refractivity contribution < 1.29 is 14.3 Å². The van der Waals surface area contributed by atoms with Crippen molar-refractivity contribution >= 4 is 23.1 Å². The van der Waals surface area contributed by atoms with Gasteiger partial charge in [-0.15, -0.1) is 0 Å². The Balaban J connectivity index is 1.75. The van der Waals surface area contributed by atoms with Crippen LogP contribution in [0.1, 0.15) is 38.7 Å². The van der Waals surface area contributed by atoms with E-state index < -0.39 is 0 Å². The van der Waals surface area contributed by atoms with Gasteiger partial charge < -0.3 is 9.64 Å². The van der Waals surface area contributed by atoms with Crippen LogP contribution in [0.15, 0.2) is 60.3 Å². The smallest absolute Gasteiger partial charge is 0.282 e. The number of benzene rings is 2. The number of rotatable bonds is 6. The topological polar surface area (TPSA) is 49.9 Å². The maximum Gasteiger partial charge on any atom is 0.282 e. The highest BCUT2D eigenvalue weighted by atomic mass is 16.5. The maximum absolute atomic E-state index is 13.6. The highest BCUT2D eigenvalue weighted by Gasteiger charge is 2.43. The van der Waals surface area contributed by atoms with Gasteiger partial charge in [0.1, 0.15) is 11.4 Å². The van der Waals surface area contributed by atoms with Gasteiger partial charge in [0.15, 0.2) is 0 Å². The maximum atomic E-state index is 13.6. The van der Waals surface area contributed by atoms with Gasteiger partial charge in [-0.05, 0) is 42.9 Å². The van der Waals surface area contributed by atoms with Crippen molar-refractivity contribution in [3.63, 3.8) is 0 Å². The van der Waals surface area contributed by atoms with E-state index in [-0.39, 0.29) is 11.8 Å². The zero-order chi connectivity index (χ0) is 21.1. The normalized spacial score (nSPS) is 19.6. The van der Waals surface area contributed by atoms with E-state index in [4.69, 9.17) is 4.74 Å². The van der Waals surface area contributed by atoms with Crippen LogP contribution in [0.4, 0.5) is 5.69 Å². The molecule has 1 atom stereocenters. The van der Waals surface area contributed by atoms with Crippen molar-refractivity contribution in [1.82, 2.24) is 4.90 Å². The summed E-state index contributed by atoms with van der Waals surface area (Å²) in [7, 11) is 0. The molecule has 0 aliphatic carbocycles. The largest absolute Gasteiger partial charge is 0.494 e. The van der Waals surface area contributed by atoms with E-state index in [1.165, 1.54) is 4.90 Å².